The minimum absolute atomic E-state index is 0. The second kappa shape index (κ2) is 9.25. The number of anilines is 1. The van der Waals surface area contributed by atoms with E-state index in [1.54, 1.807) is 19.1 Å². The molecule has 1 fully saturated rings. The van der Waals surface area contributed by atoms with E-state index in [-0.39, 0.29) is 24.6 Å². The molecule has 24 heavy (non-hydrogen) atoms. The SMILES string of the molecule is CCS(=O)(=O)c1ccc(N2CCC(NCCC(=O)O)CC2)cc1.Cl. The van der Waals surface area contributed by atoms with Crippen molar-refractivity contribution in [3.63, 3.8) is 0 Å². The molecule has 1 aromatic carbocycles. The summed E-state index contributed by atoms with van der Waals surface area (Å²) < 4.78 is 23.6. The molecule has 1 aromatic rings. The van der Waals surface area contributed by atoms with Crippen molar-refractivity contribution in [3.8, 4) is 0 Å². The van der Waals surface area contributed by atoms with Gasteiger partial charge in [-0.3, -0.25) is 4.79 Å². The molecule has 0 aromatic heterocycles. The van der Waals surface area contributed by atoms with Gasteiger partial charge in [-0.05, 0) is 37.1 Å². The highest BCUT2D eigenvalue weighted by atomic mass is 35.5. The lowest BCUT2D eigenvalue weighted by atomic mass is 10.0. The second-order valence-electron chi connectivity index (χ2n) is 5.76. The summed E-state index contributed by atoms with van der Waals surface area (Å²) in [6.07, 6.45) is 2.05. The van der Waals surface area contributed by atoms with Gasteiger partial charge in [-0.25, -0.2) is 8.42 Å². The Morgan fingerprint density at radius 2 is 1.83 bits per heavy atom. The second-order valence-corrected chi connectivity index (χ2v) is 8.03. The van der Waals surface area contributed by atoms with E-state index in [2.05, 4.69) is 10.2 Å². The molecule has 1 saturated heterocycles. The zero-order chi connectivity index (χ0) is 16.9. The standard InChI is InChI=1S/C16H24N2O4S.ClH/c1-2-23(21,22)15-5-3-14(4-6-15)18-11-8-13(9-12-18)17-10-7-16(19)20;/h3-6,13,17H,2,7-12H2,1H3,(H,19,20);1H. The monoisotopic (exact) mass is 376 g/mol. The van der Waals surface area contributed by atoms with Crippen molar-refractivity contribution in [2.75, 3.05) is 30.3 Å². The molecule has 0 unspecified atom stereocenters. The number of hydrogen-bond donors (Lipinski definition) is 2. The Kier molecular flexibility index (Phi) is 7.99. The third-order valence-corrected chi connectivity index (χ3v) is 5.96. The summed E-state index contributed by atoms with van der Waals surface area (Å²) in [4.78, 5) is 13.1. The lowest BCUT2D eigenvalue weighted by Crippen LogP contribution is -2.43. The van der Waals surface area contributed by atoms with E-state index in [4.69, 9.17) is 5.11 Å². The number of aliphatic carboxylic acids is 1. The summed E-state index contributed by atoms with van der Waals surface area (Å²) >= 11 is 0. The number of carboxylic acid groups (broad SMARTS) is 1. The van der Waals surface area contributed by atoms with Gasteiger partial charge in [0.15, 0.2) is 9.84 Å². The van der Waals surface area contributed by atoms with Crippen LogP contribution in [0.2, 0.25) is 0 Å². The Labute approximate surface area is 149 Å². The summed E-state index contributed by atoms with van der Waals surface area (Å²) in [5, 5.41) is 11.9. The largest absolute Gasteiger partial charge is 0.481 e. The molecular weight excluding hydrogens is 352 g/mol. The van der Waals surface area contributed by atoms with Gasteiger partial charge in [0, 0.05) is 31.4 Å². The third-order valence-electron chi connectivity index (χ3n) is 4.21. The van der Waals surface area contributed by atoms with Crippen molar-refractivity contribution >= 4 is 33.9 Å². The number of nitrogens with one attached hydrogen (secondary N) is 1. The molecule has 1 aliphatic rings. The number of rotatable bonds is 7. The van der Waals surface area contributed by atoms with Crippen molar-refractivity contribution in [1.29, 1.82) is 0 Å². The molecule has 2 rings (SSSR count). The van der Waals surface area contributed by atoms with E-state index < -0.39 is 15.8 Å². The van der Waals surface area contributed by atoms with Crippen LogP contribution < -0.4 is 10.2 Å². The summed E-state index contributed by atoms with van der Waals surface area (Å²) in [6, 6.07) is 7.42. The molecule has 2 N–H and O–H groups in total. The number of nitrogens with zero attached hydrogens (tertiary/aromatic N) is 1. The number of carbonyl (C=O) groups is 1. The summed E-state index contributed by atoms with van der Waals surface area (Å²) in [7, 11) is -3.15. The Balaban J connectivity index is 0.00000288. The molecule has 1 heterocycles. The first kappa shape index (κ1) is 20.7. The summed E-state index contributed by atoms with van der Waals surface area (Å²) in [6.45, 7) is 3.91. The smallest absolute Gasteiger partial charge is 0.304 e. The van der Waals surface area contributed by atoms with E-state index >= 15 is 0 Å². The molecule has 6 nitrogen and oxygen atoms in total. The van der Waals surface area contributed by atoms with E-state index in [0.717, 1.165) is 31.6 Å². The topological polar surface area (TPSA) is 86.7 Å². The van der Waals surface area contributed by atoms with E-state index in [1.165, 1.54) is 0 Å². The maximum atomic E-state index is 11.8. The summed E-state index contributed by atoms with van der Waals surface area (Å²) in [5.74, 6) is -0.670. The van der Waals surface area contributed by atoms with Crippen LogP contribution in [0.3, 0.4) is 0 Å². The van der Waals surface area contributed by atoms with Gasteiger partial charge in [0.25, 0.3) is 0 Å². The molecule has 0 spiro atoms. The number of carboxylic acids is 1. The van der Waals surface area contributed by atoms with Crippen molar-refractivity contribution in [2.45, 2.75) is 37.1 Å². The number of piperidine rings is 1. The zero-order valence-electron chi connectivity index (χ0n) is 13.8. The fraction of sp³-hybridized carbons (Fsp3) is 0.562. The van der Waals surface area contributed by atoms with Gasteiger partial charge in [-0.15, -0.1) is 12.4 Å². The number of halogens is 1. The van der Waals surface area contributed by atoms with E-state index in [9.17, 15) is 13.2 Å². The molecule has 136 valence electrons. The number of benzene rings is 1. The van der Waals surface area contributed by atoms with Gasteiger partial charge in [-0.1, -0.05) is 6.92 Å². The number of sulfone groups is 1. The van der Waals surface area contributed by atoms with Crippen LogP contribution in [-0.4, -0.2) is 50.9 Å². The molecule has 0 atom stereocenters. The predicted octanol–water partition coefficient (Wildman–Crippen LogP) is 1.94. The highest BCUT2D eigenvalue weighted by Gasteiger charge is 2.19. The quantitative estimate of drug-likeness (QED) is 0.756. The number of hydrogen-bond acceptors (Lipinski definition) is 5. The minimum atomic E-state index is -3.15. The van der Waals surface area contributed by atoms with Crippen LogP contribution in [-0.2, 0) is 14.6 Å². The fourth-order valence-corrected chi connectivity index (χ4v) is 3.64. The first-order chi connectivity index (χ1) is 10.9. The lowest BCUT2D eigenvalue weighted by molar-refractivity contribution is -0.136. The lowest BCUT2D eigenvalue weighted by Gasteiger charge is -2.34. The maximum Gasteiger partial charge on any atom is 0.304 e. The molecular formula is C16H25ClN2O4S. The molecule has 0 bridgehead atoms. The fourth-order valence-electron chi connectivity index (χ4n) is 2.76. The Morgan fingerprint density at radius 3 is 2.33 bits per heavy atom. The Morgan fingerprint density at radius 1 is 1.25 bits per heavy atom. The van der Waals surface area contributed by atoms with Crippen LogP contribution in [0.4, 0.5) is 5.69 Å². The Hall–Kier alpha value is -1.31. The van der Waals surface area contributed by atoms with Gasteiger partial charge in [0.1, 0.15) is 0 Å². The Bertz CT molecular complexity index is 626. The van der Waals surface area contributed by atoms with Crippen LogP contribution in [0.1, 0.15) is 26.2 Å². The van der Waals surface area contributed by atoms with Crippen LogP contribution in [0, 0.1) is 0 Å². The molecule has 8 heteroatoms. The van der Waals surface area contributed by atoms with Crippen LogP contribution in [0.5, 0.6) is 0 Å². The maximum absolute atomic E-state index is 11.8. The van der Waals surface area contributed by atoms with Gasteiger partial charge >= 0.3 is 5.97 Å². The van der Waals surface area contributed by atoms with Crippen molar-refractivity contribution in [3.05, 3.63) is 24.3 Å². The third kappa shape index (κ3) is 5.65. The molecule has 0 radical (unpaired) electrons. The average Bonchev–Trinajstić information content (AvgIpc) is 2.55. The van der Waals surface area contributed by atoms with E-state index in [1.807, 2.05) is 12.1 Å². The van der Waals surface area contributed by atoms with Crippen LogP contribution in [0.25, 0.3) is 0 Å². The zero-order valence-corrected chi connectivity index (χ0v) is 15.4. The van der Waals surface area contributed by atoms with Gasteiger partial charge in [0.05, 0.1) is 17.1 Å². The first-order valence-corrected chi connectivity index (χ1v) is 9.60. The van der Waals surface area contributed by atoms with Gasteiger partial charge in [0.2, 0.25) is 0 Å². The normalized spacial score (nSPS) is 15.8. The predicted molar refractivity (Wildman–Crippen MR) is 96.9 cm³/mol. The first-order valence-electron chi connectivity index (χ1n) is 7.95. The van der Waals surface area contributed by atoms with Gasteiger partial charge in [-0.2, -0.15) is 0 Å². The highest BCUT2D eigenvalue weighted by Crippen LogP contribution is 2.22. The van der Waals surface area contributed by atoms with Gasteiger partial charge < -0.3 is 15.3 Å². The van der Waals surface area contributed by atoms with Crippen molar-refractivity contribution < 1.29 is 18.3 Å². The van der Waals surface area contributed by atoms with Crippen LogP contribution >= 0.6 is 12.4 Å². The molecule has 0 aliphatic carbocycles. The highest BCUT2D eigenvalue weighted by molar-refractivity contribution is 7.91. The van der Waals surface area contributed by atoms with E-state index in [0.29, 0.717) is 17.5 Å². The molecule has 0 saturated carbocycles. The minimum Gasteiger partial charge on any atom is -0.481 e. The molecule has 0 amide bonds. The van der Waals surface area contributed by atoms with Crippen molar-refractivity contribution in [1.82, 2.24) is 5.32 Å². The average molecular weight is 377 g/mol. The molecule has 1 aliphatic heterocycles. The van der Waals surface area contributed by atoms with Crippen molar-refractivity contribution in [2.24, 2.45) is 0 Å². The van der Waals surface area contributed by atoms with Crippen LogP contribution in [0.15, 0.2) is 29.2 Å². The summed E-state index contributed by atoms with van der Waals surface area (Å²) in [5.41, 5.74) is 1.03.